The van der Waals surface area contributed by atoms with Gasteiger partial charge >= 0.3 is 0 Å². The molecule has 1 atom stereocenters. The zero-order valence-corrected chi connectivity index (χ0v) is 10.2. The van der Waals surface area contributed by atoms with Gasteiger partial charge in [0.1, 0.15) is 0 Å². The van der Waals surface area contributed by atoms with Crippen molar-refractivity contribution in [1.82, 2.24) is 0 Å². The second-order valence-corrected chi connectivity index (χ2v) is 4.25. The maximum absolute atomic E-state index is 9.60. The molecule has 0 radical (unpaired) electrons. The number of aliphatic hydroxyl groups excluding tert-OH is 1. The minimum absolute atomic E-state index is 0.177. The van der Waals surface area contributed by atoms with Crippen molar-refractivity contribution in [3.8, 4) is 5.75 Å². The zero-order valence-electron chi connectivity index (χ0n) is 8.66. The summed E-state index contributed by atoms with van der Waals surface area (Å²) in [6.07, 6.45) is 1.24. The van der Waals surface area contributed by atoms with Crippen LogP contribution in [0.25, 0.3) is 0 Å². The van der Waals surface area contributed by atoms with E-state index in [1.807, 2.05) is 12.3 Å². The molecular weight excluding hydrogens is 234 g/mol. The second-order valence-electron chi connectivity index (χ2n) is 2.99. The van der Waals surface area contributed by atoms with Crippen LogP contribution in [0.1, 0.15) is 11.7 Å². The van der Waals surface area contributed by atoms with Crippen molar-refractivity contribution >= 4 is 23.4 Å². The van der Waals surface area contributed by atoms with Gasteiger partial charge < -0.3 is 15.6 Å². The molecule has 0 aliphatic carbocycles. The number of benzene rings is 1. The van der Waals surface area contributed by atoms with Crippen molar-refractivity contribution < 1.29 is 9.84 Å². The second kappa shape index (κ2) is 5.61. The lowest BCUT2D eigenvalue weighted by Crippen LogP contribution is -2.11. The van der Waals surface area contributed by atoms with E-state index in [0.717, 1.165) is 4.90 Å². The molecule has 0 saturated heterocycles. The highest BCUT2D eigenvalue weighted by atomic mass is 35.5. The van der Waals surface area contributed by atoms with Gasteiger partial charge in [-0.3, -0.25) is 0 Å². The summed E-state index contributed by atoms with van der Waals surface area (Å²) in [6.45, 7) is 0.177. The first-order chi connectivity index (χ1) is 7.13. The number of halogens is 1. The van der Waals surface area contributed by atoms with Crippen LogP contribution in [0.15, 0.2) is 17.0 Å². The number of aliphatic hydroxyl groups is 1. The average Bonchev–Trinajstić information content (AvgIpc) is 2.26. The van der Waals surface area contributed by atoms with E-state index in [2.05, 4.69) is 0 Å². The zero-order chi connectivity index (χ0) is 11.4. The van der Waals surface area contributed by atoms with Crippen LogP contribution in [-0.4, -0.2) is 25.0 Å². The van der Waals surface area contributed by atoms with Crippen molar-refractivity contribution in [3.63, 3.8) is 0 Å². The molecule has 0 aromatic heterocycles. The molecule has 0 heterocycles. The minimum Gasteiger partial charge on any atom is -0.494 e. The highest BCUT2D eigenvalue weighted by Crippen LogP contribution is 2.37. The Hall–Kier alpha value is -0.420. The van der Waals surface area contributed by atoms with Gasteiger partial charge in [-0.25, -0.2) is 0 Å². The minimum atomic E-state index is -0.681. The van der Waals surface area contributed by atoms with Crippen molar-refractivity contribution in [2.24, 2.45) is 5.73 Å². The fourth-order valence-corrected chi connectivity index (χ4v) is 2.26. The number of rotatable bonds is 4. The summed E-state index contributed by atoms with van der Waals surface area (Å²) < 4.78 is 5.17. The van der Waals surface area contributed by atoms with Crippen LogP contribution in [0, 0.1) is 0 Å². The number of hydrogen-bond donors (Lipinski definition) is 2. The summed E-state index contributed by atoms with van der Waals surface area (Å²) in [5.74, 6) is 0.636. The Labute approximate surface area is 98.6 Å². The molecule has 5 heteroatoms. The lowest BCUT2D eigenvalue weighted by molar-refractivity contribution is 0.186. The van der Waals surface area contributed by atoms with Crippen LogP contribution in [-0.2, 0) is 0 Å². The largest absolute Gasteiger partial charge is 0.494 e. The van der Waals surface area contributed by atoms with E-state index in [4.69, 9.17) is 22.1 Å². The molecule has 1 aromatic rings. The quantitative estimate of drug-likeness (QED) is 0.800. The number of nitrogens with two attached hydrogens (primary N) is 1. The van der Waals surface area contributed by atoms with Crippen LogP contribution >= 0.6 is 23.4 Å². The number of hydrogen-bond acceptors (Lipinski definition) is 4. The van der Waals surface area contributed by atoms with E-state index in [1.165, 1.54) is 11.8 Å². The number of thioether (sulfide) groups is 1. The standard InChI is InChI=1S/C10H14ClNO2S/c1-14-10-7(11)3-6(8(13)5-12)4-9(10)15-2/h3-4,8,13H,5,12H2,1-2H3. The molecule has 0 amide bonds. The van der Waals surface area contributed by atoms with Gasteiger partial charge in [-0.15, -0.1) is 11.8 Å². The molecule has 0 saturated carbocycles. The topological polar surface area (TPSA) is 55.5 Å². The number of methoxy groups -OCH3 is 1. The molecule has 84 valence electrons. The highest BCUT2D eigenvalue weighted by Gasteiger charge is 2.13. The predicted octanol–water partition coefficient (Wildman–Crippen LogP) is 2.06. The van der Waals surface area contributed by atoms with E-state index in [-0.39, 0.29) is 6.54 Å². The van der Waals surface area contributed by atoms with Gasteiger partial charge in [0.25, 0.3) is 0 Å². The first-order valence-electron chi connectivity index (χ1n) is 4.43. The summed E-state index contributed by atoms with van der Waals surface area (Å²) in [7, 11) is 1.57. The predicted molar refractivity (Wildman–Crippen MR) is 63.8 cm³/mol. The molecule has 3 nitrogen and oxygen atoms in total. The van der Waals surface area contributed by atoms with Gasteiger partial charge in [-0.05, 0) is 24.0 Å². The van der Waals surface area contributed by atoms with E-state index in [0.29, 0.717) is 16.3 Å². The van der Waals surface area contributed by atoms with Crippen LogP contribution in [0.4, 0.5) is 0 Å². The Morgan fingerprint density at radius 1 is 1.60 bits per heavy atom. The monoisotopic (exact) mass is 247 g/mol. The van der Waals surface area contributed by atoms with Gasteiger partial charge in [0.2, 0.25) is 0 Å². The van der Waals surface area contributed by atoms with Crippen molar-refractivity contribution in [3.05, 3.63) is 22.7 Å². The first kappa shape index (κ1) is 12.6. The maximum Gasteiger partial charge on any atom is 0.150 e. The van der Waals surface area contributed by atoms with Gasteiger partial charge in [-0.1, -0.05) is 11.6 Å². The fourth-order valence-electron chi connectivity index (χ4n) is 1.27. The molecule has 0 aliphatic heterocycles. The summed E-state index contributed by atoms with van der Waals surface area (Å²) >= 11 is 7.54. The molecule has 1 unspecified atom stereocenters. The smallest absolute Gasteiger partial charge is 0.150 e. The molecule has 0 bridgehead atoms. The third-order valence-corrected chi connectivity index (χ3v) is 3.09. The van der Waals surface area contributed by atoms with E-state index in [1.54, 1.807) is 13.2 Å². The summed E-state index contributed by atoms with van der Waals surface area (Å²) in [5.41, 5.74) is 6.10. The fraction of sp³-hybridized carbons (Fsp3) is 0.400. The van der Waals surface area contributed by atoms with E-state index < -0.39 is 6.10 Å². The Kier molecular flexibility index (Phi) is 4.73. The van der Waals surface area contributed by atoms with Crippen LogP contribution in [0.3, 0.4) is 0 Å². The Balaban J connectivity index is 3.19. The van der Waals surface area contributed by atoms with Gasteiger partial charge in [-0.2, -0.15) is 0 Å². The number of ether oxygens (including phenoxy) is 1. The van der Waals surface area contributed by atoms with Gasteiger partial charge in [0, 0.05) is 6.54 Å². The van der Waals surface area contributed by atoms with Crippen molar-refractivity contribution in [2.75, 3.05) is 19.9 Å². The molecule has 3 N–H and O–H groups in total. The normalized spacial score (nSPS) is 12.6. The SMILES string of the molecule is COc1c(Cl)cc(C(O)CN)cc1SC. The average molecular weight is 248 g/mol. The first-order valence-corrected chi connectivity index (χ1v) is 6.03. The molecule has 0 aliphatic rings. The Morgan fingerprint density at radius 2 is 2.27 bits per heavy atom. The molecule has 1 rings (SSSR count). The van der Waals surface area contributed by atoms with E-state index >= 15 is 0 Å². The Morgan fingerprint density at radius 3 is 2.73 bits per heavy atom. The third kappa shape index (κ3) is 2.78. The lowest BCUT2D eigenvalue weighted by atomic mass is 10.1. The van der Waals surface area contributed by atoms with Gasteiger partial charge in [0.05, 0.1) is 23.1 Å². The van der Waals surface area contributed by atoms with E-state index in [9.17, 15) is 5.11 Å². The van der Waals surface area contributed by atoms with Crippen LogP contribution < -0.4 is 10.5 Å². The summed E-state index contributed by atoms with van der Waals surface area (Å²) in [5, 5.41) is 10.1. The summed E-state index contributed by atoms with van der Waals surface area (Å²) in [4.78, 5) is 0.896. The maximum atomic E-state index is 9.60. The summed E-state index contributed by atoms with van der Waals surface area (Å²) in [6, 6.07) is 3.52. The third-order valence-electron chi connectivity index (χ3n) is 2.06. The lowest BCUT2D eigenvalue weighted by Gasteiger charge is -2.13. The van der Waals surface area contributed by atoms with Crippen molar-refractivity contribution in [1.29, 1.82) is 0 Å². The highest BCUT2D eigenvalue weighted by molar-refractivity contribution is 7.98. The molecule has 15 heavy (non-hydrogen) atoms. The van der Waals surface area contributed by atoms with Gasteiger partial charge in [0.15, 0.2) is 5.75 Å². The molecule has 0 spiro atoms. The molecule has 1 aromatic carbocycles. The molecular formula is C10H14ClNO2S. The molecule has 0 fully saturated rings. The Bertz CT molecular complexity index is 346. The van der Waals surface area contributed by atoms with Crippen LogP contribution in [0.5, 0.6) is 5.75 Å². The van der Waals surface area contributed by atoms with Crippen molar-refractivity contribution in [2.45, 2.75) is 11.0 Å². The van der Waals surface area contributed by atoms with Crippen LogP contribution in [0.2, 0.25) is 5.02 Å².